The van der Waals surface area contributed by atoms with Crippen LogP contribution in [-0.2, 0) is 9.84 Å². The van der Waals surface area contributed by atoms with Crippen LogP contribution in [0.3, 0.4) is 0 Å². The molecule has 0 aromatic heterocycles. The van der Waals surface area contributed by atoms with Crippen molar-refractivity contribution in [3.63, 3.8) is 0 Å². The minimum Gasteiger partial charge on any atom is -0.310 e. The van der Waals surface area contributed by atoms with E-state index >= 15 is 0 Å². The third-order valence-electron chi connectivity index (χ3n) is 4.41. The molecule has 1 aliphatic carbocycles. The lowest BCUT2D eigenvalue weighted by atomic mass is 9.80. The average molecular weight is 313 g/mol. The lowest BCUT2D eigenvalue weighted by Crippen LogP contribution is -2.36. The molecule has 3 nitrogen and oxygen atoms in total. The zero-order chi connectivity index (χ0) is 15.5. The van der Waals surface area contributed by atoms with Gasteiger partial charge in [-0.05, 0) is 37.8 Å². The highest BCUT2D eigenvalue weighted by molar-refractivity contribution is 7.91. The average Bonchev–Trinajstić information content (AvgIpc) is 2.45. The number of rotatable bonds is 5. The van der Waals surface area contributed by atoms with E-state index in [4.69, 9.17) is 0 Å². The van der Waals surface area contributed by atoms with Gasteiger partial charge in [-0.2, -0.15) is 0 Å². The van der Waals surface area contributed by atoms with Crippen molar-refractivity contribution < 1.29 is 12.8 Å². The van der Waals surface area contributed by atoms with E-state index in [9.17, 15) is 12.8 Å². The Bertz CT molecular complexity index is 573. The molecule has 0 spiro atoms. The van der Waals surface area contributed by atoms with E-state index in [0.29, 0.717) is 12.0 Å². The molecule has 0 saturated heterocycles. The van der Waals surface area contributed by atoms with E-state index in [-0.39, 0.29) is 23.0 Å². The van der Waals surface area contributed by atoms with E-state index in [0.717, 1.165) is 25.8 Å². The Labute approximate surface area is 126 Å². The number of hydrogen-bond donors (Lipinski definition) is 1. The fourth-order valence-electron chi connectivity index (χ4n) is 3.35. The van der Waals surface area contributed by atoms with Crippen LogP contribution in [0.5, 0.6) is 0 Å². The van der Waals surface area contributed by atoms with Gasteiger partial charge in [0.15, 0.2) is 0 Å². The van der Waals surface area contributed by atoms with Crippen LogP contribution in [0.2, 0.25) is 0 Å². The van der Waals surface area contributed by atoms with Crippen molar-refractivity contribution >= 4 is 9.84 Å². The smallest absolute Gasteiger partial charge is 0.150 e. The molecule has 1 aromatic carbocycles. The molecular weight excluding hydrogens is 289 g/mol. The van der Waals surface area contributed by atoms with E-state index in [1.807, 2.05) is 13.0 Å². The molecule has 3 unspecified atom stereocenters. The van der Waals surface area contributed by atoms with Crippen molar-refractivity contribution in [3.05, 3.63) is 35.6 Å². The van der Waals surface area contributed by atoms with Crippen LogP contribution >= 0.6 is 0 Å². The van der Waals surface area contributed by atoms with Gasteiger partial charge in [-0.3, -0.25) is 0 Å². The molecule has 3 atom stereocenters. The fourth-order valence-corrected chi connectivity index (χ4v) is 4.54. The maximum absolute atomic E-state index is 14.1. The summed E-state index contributed by atoms with van der Waals surface area (Å²) in [6.45, 7) is 2.73. The van der Waals surface area contributed by atoms with Crippen LogP contribution in [0.25, 0.3) is 0 Å². The van der Waals surface area contributed by atoms with Gasteiger partial charge in [0.2, 0.25) is 0 Å². The molecule has 0 heterocycles. The van der Waals surface area contributed by atoms with Crippen molar-refractivity contribution in [2.45, 2.75) is 43.9 Å². The third kappa shape index (κ3) is 4.04. The Balaban J connectivity index is 2.24. The summed E-state index contributed by atoms with van der Waals surface area (Å²) >= 11 is 0. The molecule has 1 saturated carbocycles. The largest absolute Gasteiger partial charge is 0.310 e. The first kappa shape index (κ1) is 16.4. The minimum atomic E-state index is -3.02. The number of benzene rings is 1. The lowest BCUT2D eigenvalue weighted by molar-refractivity contribution is 0.271. The number of sulfone groups is 1. The summed E-state index contributed by atoms with van der Waals surface area (Å²) in [5, 5.41) is 3.06. The summed E-state index contributed by atoms with van der Waals surface area (Å²) < 4.78 is 37.7. The SMILES string of the molecule is CCNC(c1ccccc1F)C1CCCC(S(C)(=O)=O)C1. The Morgan fingerprint density at radius 1 is 1.33 bits per heavy atom. The molecule has 118 valence electrons. The van der Waals surface area contributed by atoms with E-state index in [1.54, 1.807) is 12.1 Å². The van der Waals surface area contributed by atoms with Gasteiger partial charge in [0.25, 0.3) is 0 Å². The van der Waals surface area contributed by atoms with E-state index < -0.39 is 9.84 Å². The molecule has 0 radical (unpaired) electrons. The molecule has 1 aliphatic rings. The second-order valence-electron chi connectivity index (χ2n) is 5.94. The highest BCUT2D eigenvalue weighted by Gasteiger charge is 2.34. The summed E-state index contributed by atoms with van der Waals surface area (Å²) in [4.78, 5) is 0. The molecule has 1 fully saturated rings. The summed E-state index contributed by atoms with van der Waals surface area (Å²) in [7, 11) is -3.02. The maximum atomic E-state index is 14.1. The van der Waals surface area contributed by atoms with Gasteiger partial charge in [-0.15, -0.1) is 0 Å². The zero-order valence-corrected chi connectivity index (χ0v) is 13.5. The summed E-state index contributed by atoms with van der Waals surface area (Å²) in [6.07, 6.45) is 4.48. The van der Waals surface area contributed by atoms with Gasteiger partial charge < -0.3 is 5.32 Å². The molecule has 1 N–H and O–H groups in total. The lowest BCUT2D eigenvalue weighted by Gasteiger charge is -2.34. The highest BCUT2D eigenvalue weighted by atomic mass is 32.2. The zero-order valence-electron chi connectivity index (χ0n) is 12.7. The first-order valence-corrected chi connectivity index (χ1v) is 9.55. The van der Waals surface area contributed by atoms with Crippen molar-refractivity contribution in [1.29, 1.82) is 0 Å². The van der Waals surface area contributed by atoms with Crippen LogP contribution in [-0.4, -0.2) is 26.5 Å². The summed E-state index contributed by atoms with van der Waals surface area (Å²) in [5.41, 5.74) is 0.651. The van der Waals surface area contributed by atoms with Gasteiger partial charge in [-0.25, -0.2) is 12.8 Å². The summed E-state index contributed by atoms with van der Waals surface area (Å²) in [6, 6.07) is 6.67. The first-order chi connectivity index (χ1) is 9.93. The normalized spacial score (nSPS) is 24.7. The van der Waals surface area contributed by atoms with Crippen molar-refractivity contribution in [3.8, 4) is 0 Å². The minimum absolute atomic E-state index is 0.110. The quantitative estimate of drug-likeness (QED) is 0.908. The third-order valence-corrected chi connectivity index (χ3v) is 6.05. The monoisotopic (exact) mass is 313 g/mol. The molecule has 0 bridgehead atoms. The van der Waals surface area contributed by atoms with Crippen molar-refractivity contribution in [2.75, 3.05) is 12.8 Å². The topological polar surface area (TPSA) is 46.2 Å². The first-order valence-electron chi connectivity index (χ1n) is 7.60. The molecule has 1 aromatic rings. The molecular formula is C16H24FNO2S. The second kappa shape index (κ2) is 6.88. The Morgan fingerprint density at radius 2 is 2.05 bits per heavy atom. The summed E-state index contributed by atoms with van der Waals surface area (Å²) in [5.74, 6) is -0.0553. The van der Waals surface area contributed by atoms with E-state index in [2.05, 4.69) is 5.32 Å². The van der Waals surface area contributed by atoms with Crippen molar-refractivity contribution in [1.82, 2.24) is 5.32 Å². The maximum Gasteiger partial charge on any atom is 0.150 e. The number of nitrogens with one attached hydrogen (secondary N) is 1. The Hall–Kier alpha value is -0.940. The fraction of sp³-hybridized carbons (Fsp3) is 0.625. The highest BCUT2D eigenvalue weighted by Crippen LogP contribution is 2.37. The predicted octanol–water partition coefficient (Wildman–Crippen LogP) is 3.08. The molecule has 0 aliphatic heterocycles. The van der Waals surface area contributed by atoms with Crippen LogP contribution in [0.4, 0.5) is 4.39 Å². The van der Waals surface area contributed by atoms with Crippen LogP contribution in [0, 0.1) is 11.7 Å². The van der Waals surface area contributed by atoms with Crippen molar-refractivity contribution in [2.24, 2.45) is 5.92 Å². The van der Waals surface area contributed by atoms with E-state index in [1.165, 1.54) is 12.3 Å². The van der Waals surface area contributed by atoms with Gasteiger partial charge in [-0.1, -0.05) is 31.5 Å². The van der Waals surface area contributed by atoms with Gasteiger partial charge >= 0.3 is 0 Å². The molecule has 5 heteroatoms. The molecule has 21 heavy (non-hydrogen) atoms. The number of hydrogen-bond acceptors (Lipinski definition) is 3. The van der Waals surface area contributed by atoms with Crippen LogP contribution in [0.15, 0.2) is 24.3 Å². The molecule has 0 amide bonds. The standard InChI is InChI=1S/C16H24FNO2S/c1-3-18-16(14-9-4-5-10-15(14)17)12-7-6-8-13(11-12)21(2,19)20/h4-5,9-10,12-13,16,18H,3,6-8,11H2,1-2H3. The second-order valence-corrected chi connectivity index (χ2v) is 8.26. The Kier molecular flexibility index (Phi) is 5.38. The van der Waals surface area contributed by atoms with Gasteiger partial charge in [0, 0.05) is 17.9 Å². The Morgan fingerprint density at radius 3 is 2.67 bits per heavy atom. The molecule has 2 rings (SSSR count). The van der Waals surface area contributed by atoms with Crippen LogP contribution < -0.4 is 5.32 Å². The number of halogens is 1. The van der Waals surface area contributed by atoms with Crippen LogP contribution in [0.1, 0.15) is 44.2 Å². The predicted molar refractivity (Wildman–Crippen MR) is 83.4 cm³/mol. The van der Waals surface area contributed by atoms with Gasteiger partial charge in [0.1, 0.15) is 15.7 Å². The van der Waals surface area contributed by atoms with Gasteiger partial charge in [0.05, 0.1) is 5.25 Å².